The Bertz CT molecular complexity index is 570. The first-order valence-electron chi connectivity index (χ1n) is 6.32. The molecule has 0 aliphatic rings. The molecule has 2 rings (SSSR count). The van der Waals surface area contributed by atoms with Crippen molar-refractivity contribution in [3.8, 4) is 0 Å². The summed E-state index contributed by atoms with van der Waals surface area (Å²) in [5.74, 6) is 0.459. The van der Waals surface area contributed by atoms with Crippen molar-refractivity contribution in [3.63, 3.8) is 0 Å². The molecule has 1 aromatic heterocycles. The Morgan fingerprint density at radius 3 is 2.32 bits per heavy atom. The Morgan fingerprint density at radius 1 is 1.21 bits per heavy atom. The van der Waals surface area contributed by atoms with E-state index in [-0.39, 0.29) is 11.9 Å². The third kappa shape index (κ3) is 2.67. The van der Waals surface area contributed by atoms with Gasteiger partial charge in [0.15, 0.2) is 0 Å². The van der Waals surface area contributed by atoms with Crippen molar-refractivity contribution in [1.29, 1.82) is 0 Å². The van der Waals surface area contributed by atoms with Crippen molar-refractivity contribution in [3.05, 3.63) is 47.3 Å². The summed E-state index contributed by atoms with van der Waals surface area (Å²) in [4.78, 5) is 14.3. The Morgan fingerprint density at radius 2 is 1.84 bits per heavy atom. The van der Waals surface area contributed by atoms with Crippen molar-refractivity contribution in [2.45, 2.75) is 33.7 Å². The molecule has 0 unspecified atom stereocenters. The van der Waals surface area contributed by atoms with Gasteiger partial charge in [0.25, 0.3) is 5.91 Å². The Kier molecular flexibility index (Phi) is 3.69. The van der Waals surface area contributed by atoms with Crippen LogP contribution in [-0.2, 0) is 0 Å². The average Bonchev–Trinajstić information content (AvgIpc) is 2.78. The first kappa shape index (κ1) is 13.3. The lowest BCUT2D eigenvalue weighted by Crippen LogP contribution is -2.37. The lowest BCUT2D eigenvalue weighted by molar-refractivity contribution is 0.0979. The second kappa shape index (κ2) is 5.26. The van der Waals surface area contributed by atoms with Gasteiger partial charge in [-0.3, -0.25) is 4.79 Å². The molecule has 0 fully saturated rings. The topological polar surface area (TPSA) is 46.3 Å². The number of hydrogen-bond acceptors (Lipinski definition) is 3. The summed E-state index contributed by atoms with van der Waals surface area (Å²) in [5, 5.41) is 3.67. The number of amides is 1. The van der Waals surface area contributed by atoms with Crippen molar-refractivity contribution in [2.24, 2.45) is 0 Å². The minimum Gasteiger partial charge on any atom is -0.361 e. The standard InChI is InChI=1S/C15H18N2O2/c1-10(2)17(13-7-5-11(3)6-8-13)15(18)14-9-16-19-12(14)4/h5-10H,1-4H3. The molecule has 19 heavy (non-hydrogen) atoms. The monoisotopic (exact) mass is 258 g/mol. The van der Waals surface area contributed by atoms with Gasteiger partial charge in [-0.1, -0.05) is 22.9 Å². The van der Waals surface area contributed by atoms with Crippen LogP contribution in [0.1, 0.15) is 35.5 Å². The molecule has 0 atom stereocenters. The van der Waals surface area contributed by atoms with E-state index in [0.29, 0.717) is 11.3 Å². The van der Waals surface area contributed by atoms with Crippen LogP contribution < -0.4 is 4.90 Å². The van der Waals surface area contributed by atoms with Crippen LogP contribution in [0, 0.1) is 13.8 Å². The van der Waals surface area contributed by atoms with E-state index in [1.54, 1.807) is 11.8 Å². The number of carbonyl (C=O) groups excluding carboxylic acids is 1. The number of nitrogens with zero attached hydrogens (tertiary/aromatic N) is 2. The van der Waals surface area contributed by atoms with Crippen molar-refractivity contribution in [2.75, 3.05) is 4.90 Å². The van der Waals surface area contributed by atoms with Crippen LogP contribution in [0.4, 0.5) is 5.69 Å². The Hall–Kier alpha value is -2.10. The predicted octanol–water partition coefficient (Wildman–Crippen LogP) is 3.35. The van der Waals surface area contributed by atoms with Crippen molar-refractivity contribution in [1.82, 2.24) is 5.16 Å². The number of aromatic nitrogens is 1. The first-order valence-corrected chi connectivity index (χ1v) is 6.32. The molecule has 4 heteroatoms. The second-order valence-corrected chi connectivity index (χ2v) is 4.90. The van der Waals surface area contributed by atoms with Gasteiger partial charge in [-0.25, -0.2) is 0 Å². The fraction of sp³-hybridized carbons (Fsp3) is 0.333. The van der Waals surface area contributed by atoms with Crippen LogP contribution in [0.15, 0.2) is 35.0 Å². The van der Waals surface area contributed by atoms with Crippen LogP contribution in [0.5, 0.6) is 0 Å². The highest BCUT2D eigenvalue weighted by atomic mass is 16.5. The molecule has 0 spiro atoms. The molecule has 0 aliphatic carbocycles. The van der Waals surface area contributed by atoms with Gasteiger partial charge in [-0.15, -0.1) is 0 Å². The van der Waals surface area contributed by atoms with Gasteiger partial charge in [0.1, 0.15) is 11.3 Å². The van der Waals surface area contributed by atoms with Gasteiger partial charge in [0, 0.05) is 11.7 Å². The zero-order valence-electron chi connectivity index (χ0n) is 11.7. The highest BCUT2D eigenvalue weighted by molar-refractivity contribution is 6.06. The highest BCUT2D eigenvalue weighted by Gasteiger charge is 2.23. The Labute approximate surface area is 113 Å². The van der Waals surface area contributed by atoms with Gasteiger partial charge in [-0.2, -0.15) is 0 Å². The van der Waals surface area contributed by atoms with Crippen LogP contribution in [0.3, 0.4) is 0 Å². The van der Waals surface area contributed by atoms with Crippen LogP contribution in [0.2, 0.25) is 0 Å². The molecular weight excluding hydrogens is 240 g/mol. The van der Waals surface area contributed by atoms with Crippen LogP contribution >= 0.6 is 0 Å². The molecule has 1 heterocycles. The van der Waals surface area contributed by atoms with E-state index in [1.807, 2.05) is 45.0 Å². The summed E-state index contributed by atoms with van der Waals surface area (Å²) in [6, 6.07) is 7.97. The molecule has 0 saturated heterocycles. The molecule has 100 valence electrons. The summed E-state index contributed by atoms with van der Waals surface area (Å²) in [6.45, 7) is 7.74. The first-order chi connectivity index (χ1) is 9.00. The maximum Gasteiger partial charge on any atom is 0.263 e. The molecule has 1 aromatic carbocycles. The number of anilines is 1. The number of carbonyl (C=O) groups is 1. The number of benzene rings is 1. The molecule has 1 amide bonds. The van der Waals surface area contributed by atoms with Gasteiger partial charge in [0.2, 0.25) is 0 Å². The van der Waals surface area contributed by atoms with E-state index < -0.39 is 0 Å². The van der Waals surface area contributed by atoms with E-state index in [1.165, 1.54) is 11.8 Å². The number of aryl methyl sites for hydroxylation is 2. The van der Waals surface area contributed by atoms with Gasteiger partial charge in [0.05, 0.1) is 6.20 Å². The Balaban J connectivity index is 2.39. The molecule has 0 saturated carbocycles. The number of hydrogen-bond donors (Lipinski definition) is 0. The summed E-state index contributed by atoms with van der Waals surface area (Å²) >= 11 is 0. The molecule has 2 aromatic rings. The molecular formula is C15H18N2O2. The average molecular weight is 258 g/mol. The SMILES string of the molecule is Cc1ccc(N(C(=O)c2cnoc2C)C(C)C)cc1. The highest BCUT2D eigenvalue weighted by Crippen LogP contribution is 2.21. The quantitative estimate of drug-likeness (QED) is 0.848. The minimum absolute atomic E-state index is 0.0597. The number of rotatable bonds is 3. The second-order valence-electron chi connectivity index (χ2n) is 4.90. The maximum atomic E-state index is 12.6. The minimum atomic E-state index is -0.0856. The lowest BCUT2D eigenvalue weighted by Gasteiger charge is -2.26. The summed E-state index contributed by atoms with van der Waals surface area (Å²) in [5.41, 5.74) is 2.56. The van der Waals surface area contributed by atoms with Crippen LogP contribution in [-0.4, -0.2) is 17.1 Å². The molecule has 4 nitrogen and oxygen atoms in total. The van der Waals surface area contributed by atoms with E-state index in [0.717, 1.165) is 5.69 Å². The zero-order chi connectivity index (χ0) is 14.0. The van der Waals surface area contributed by atoms with E-state index in [9.17, 15) is 4.79 Å². The third-order valence-corrected chi connectivity index (χ3v) is 3.03. The summed E-state index contributed by atoms with van der Waals surface area (Å²) in [6.07, 6.45) is 1.47. The lowest BCUT2D eigenvalue weighted by atomic mass is 10.1. The summed E-state index contributed by atoms with van der Waals surface area (Å²) in [7, 11) is 0. The van der Waals surface area contributed by atoms with Gasteiger partial charge >= 0.3 is 0 Å². The predicted molar refractivity (Wildman–Crippen MR) is 74.4 cm³/mol. The molecule has 0 radical (unpaired) electrons. The van der Waals surface area contributed by atoms with Crippen molar-refractivity contribution < 1.29 is 9.32 Å². The van der Waals surface area contributed by atoms with E-state index in [2.05, 4.69) is 5.16 Å². The fourth-order valence-corrected chi connectivity index (χ4v) is 1.99. The third-order valence-electron chi connectivity index (χ3n) is 3.03. The largest absolute Gasteiger partial charge is 0.361 e. The van der Waals surface area contributed by atoms with Gasteiger partial charge < -0.3 is 9.42 Å². The van der Waals surface area contributed by atoms with E-state index >= 15 is 0 Å². The van der Waals surface area contributed by atoms with Gasteiger partial charge in [-0.05, 0) is 39.8 Å². The normalized spacial score (nSPS) is 10.8. The molecule has 0 aliphatic heterocycles. The zero-order valence-corrected chi connectivity index (χ0v) is 11.7. The van der Waals surface area contributed by atoms with E-state index in [4.69, 9.17) is 4.52 Å². The fourth-order valence-electron chi connectivity index (χ4n) is 1.99. The van der Waals surface area contributed by atoms with Crippen LogP contribution in [0.25, 0.3) is 0 Å². The summed E-state index contributed by atoms with van der Waals surface area (Å²) < 4.78 is 4.97. The maximum absolute atomic E-state index is 12.6. The molecule has 0 bridgehead atoms. The molecule has 0 N–H and O–H groups in total. The smallest absolute Gasteiger partial charge is 0.263 e. The van der Waals surface area contributed by atoms with Crippen molar-refractivity contribution >= 4 is 11.6 Å².